The lowest BCUT2D eigenvalue weighted by molar-refractivity contribution is -0.156. The molecular weight excluding hydrogens is 228 g/mol. The number of thioether (sulfide) groups is 2. The fourth-order valence-electron chi connectivity index (χ4n) is 1.33. The van der Waals surface area contributed by atoms with Crippen LogP contribution in [-0.4, -0.2) is 28.7 Å². The van der Waals surface area contributed by atoms with Crippen molar-refractivity contribution in [2.75, 3.05) is 17.3 Å². The molecule has 0 aliphatic carbocycles. The Kier molecular flexibility index (Phi) is 5.33. The van der Waals surface area contributed by atoms with Gasteiger partial charge in [0.25, 0.3) is 0 Å². The van der Waals surface area contributed by atoms with Gasteiger partial charge in [0.05, 0.1) is 5.41 Å². The number of rotatable bonds is 4. The fourth-order valence-corrected chi connectivity index (χ4v) is 3.71. The van der Waals surface area contributed by atoms with Crippen LogP contribution >= 0.6 is 23.5 Å². The van der Waals surface area contributed by atoms with Crippen LogP contribution < -0.4 is 0 Å². The molecule has 0 spiro atoms. The van der Waals surface area contributed by atoms with Gasteiger partial charge >= 0.3 is 5.97 Å². The smallest absolute Gasteiger partial charge is 0.312 e. The van der Waals surface area contributed by atoms with Crippen molar-refractivity contribution in [3.8, 4) is 0 Å². The van der Waals surface area contributed by atoms with E-state index in [0.717, 1.165) is 24.3 Å². The van der Waals surface area contributed by atoms with Gasteiger partial charge in [0.1, 0.15) is 0 Å². The summed E-state index contributed by atoms with van der Waals surface area (Å²) in [6.45, 7) is 6.09. The summed E-state index contributed by atoms with van der Waals surface area (Å²) >= 11 is 3.64. The first-order valence-electron chi connectivity index (χ1n) is 5.53. The number of esters is 1. The molecule has 1 heterocycles. The zero-order chi connectivity index (χ0) is 11.3. The van der Waals surface area contributed by atoms with E-state index in [0.29, 0.717) is 0 Å². The van der Waals surface area contributed by atoms with E-state index in [9.17, 15) is 4.79 Å². The van der Waals surface area contributed by atoms with Crippen LogP contribution in [-0.2, 0) is 9.53 Å². The normalized spacial score (nSPS) is 22.5. The van der Waals surface area contributed by atoms with Gasteiger partial charge in [-0.3, -0.25) is 4.79 Å². The SMILES string of the molecule is CCC(C)(CC)C(=O)OC1CSCCS1. The highest BCUT2D eigenvalue weighted by Gasteiger charge is 2.33. The number of hydrogen-bond acceptors (Lipinski definition) is 4. The summed E-state index contributed by atoms with van der Waals surface area (Å²) in [6.07, 6.45) is 1.71. The first-order chi connectivity index (χ1) is 7.12. The number of carbonyl (C=O) groups is 1. The number of hydrogen-bond donors (Lipinski definition) is 0. The zero-order valence-corrected chi connectivity index (χ0v) is 11.4. The van der Waals surface area contributed by atoms with Gasteiger partial charge in [-0.1, -0.05) is 13.8 Å². The van der Waals surface area contributed by atoms with Gasteiger partial charge in [-0.05, 0) is 19.8 Å². The summed E-state index contributed by atoms with van der Waals surface area (Å²) in [5.41, 5.74) is -0.212. The lowest BCUT2D eigenvalue weighted by atomic mass is 9.85. The summed E-state index contributed by atoms with van der Waals surface area (Å²) in [7, 11) is 0. The van der Waals surface area contributed by atoms with Crippen LogP contribution in [0.5, 0.6) is 0 Å². The second-order valence-electron chi connectivity index (χ2n) is 4.05. The van der Waals surface area contributed by atoms with E-state index in [1.54, 1.807) is 11.8 Å². The highest BCUT2D eigenvalue weighted by Crippen LogP contribution is 2.31. The molecule has 0 amide bonds. The Morgan fingerprint density at radius 1 is 1.40 bits per heavy atom. The molecule has 1 fully saturated rings. The molecule has 1 atom stereocenters. The third-order valence-corrected chi connectivity index (χ3v) is 5.65. The quantitative estimate of drug-likeness (QED) is 0.714. The molecule has 1 saturated heterocycles. The molecule has 0 aromatic carbocycles. The Balaban J connectivity index is 2.45. The van der Waals surface area contributed by atoms with E-state index >= 15 is 0 Å². The molecular formula is C11H20O2S2. The van der Waals surface area contributed by atoms with Crippen molar-refractivity contribution < 1.29 is 9.53 Å². The largest absolute Gasteiger partial charge is 0.450 e. The molecule has 1 aliphatic rings. The minimum absolute atomic E-state index is 0.0208. The van der Waals surface area contributed by atoms with Crippen molar-refractivity contribution in [2.45, 2.75) is 39.0 Å². The van der Waals surface area contributed by atoms with Gasteiger partial charge in [-0.2, -0.15) is 11.8 Å². The van der Waals surface area contributed by atoms with Gasteiger partial charge < -0.3 is 4.74 Å². The van der Waals surface area contributed by atoms with Crippen LogP contribution in [0.4, 0.5) is 0 Å². The first-order valence-corrected chi connectivity index (χ1v) is 7.73. The molecule has 1 unspecified atom stereocenters. The third-order valence-electron chi connectivity index (χ3n) is 3.08. The first kappa shape index (κ1) is 13.2. The van der Waals surface area contributed by atoms with E-state index in [1.165, 1.54) is 5.75 Å². The van der Waals surface area contributed by atoms with Gasteiger partial charge in [-0.15, -0.1) is 11.8 Å². The summed E-state index contributed by atoms with van der Waals surface area (Å²) in [5, 5.41) is 0. The second kappa shape index (κ2) is 6.04. The maximum Gasteiger partial charge on any atom is 0.312 e. The van der Waals surface area contributed by atoms with Crippen molar-refractivity contribution >= 4 is 29.5 Å². The van der Waals surface area contributed by atoms with Crippen LogP contribution in [0.1, 0.15) is 33.6 Å². The van der Waals surface area contributed by atoms with Crippen LogP contribution in [0.2, 0.25) is 0 Å². The Morgan fingerprint density at radius 2 is 2.07 bits per heavy atom. The van der Waals surface area contributed by atoms with Crippen molar-refractivity contribution in [2.24, 2.45) is 5.41 Å². The Bertz CT molecular complexity index is 209. The predicted octanol–water partition coefficient (Wildman–Crippen LogP) is 3.16. The highest BCUT2D eigenvalue weighted by molar-refractivity contribution is 8.06. The Labute approximate surface area is 101 Å². The summed E-state index contributed by atoms with van der Waals surface area (Å²) in [5.74, 6) is 3.20. The lowest BCUT2D eigenvalue weighted by Crippen LogP contribution is -2.33. The minimum Gasteiger partial charge on any atom is -0.450 e. The molecule has 0 radical (unpaired) electrons. The van der Waals surface area contributed by atoms with E-state index in [-0.39, 0.29) is 16.8 Å². The van der Waals surface area contributed by atoms with E-state index in [1.807, 2.05) is 32.5 Å². The molecule has 2 nitrogen and oxygen atoms in total. The molecule has 0 N–H and O–H groups in total. The Morgan fingerprint density at radius 3 is 2.53 bits per heavy atom. The number of ether oxygens (including phenoxy) is 1. The maximum atomic E-state index is 12.0. The third kappa shape index (κ3) is 3.59. The zero-order valence-electron chi connectivity index (χ0n) is 9.75. The molecule has 0 saturated carbocycles. The predicted molar refractivity (Wildman–Crippen MR) is 68.4 cm³/mol. The molecule has 88 valence electrons. The van der Waals surface area contributed by atoms with Crippen molar-refractivity contribution in [3.05, 3.63) is 0 Å². The van der Waals surface area contributed by atoms with Crippen LogP contribution in [0.15, 0.2) is 0 Å². The molecule has 15 heavy (non-hydrogen) atoms. The average Bonchev–Trinajstić information content (AvgIpc) is 2.29. The van der Waals surface area contributed by atoms with Gasteiger partial charge in [-0.25, -0.2) is 0 Å². The van der Waals surface area contributed by atoms with Crippen molar-refractivity contribution in [1.29, 1.82) is 0 Å². The standard InChI is InChI=1S/C11H20O2S2/c1-4-11(3,5-2)10(12)13-9-8-14-6-7-15-9/h9H,4-8H2,1-3H3. The summed E-state index contributed by atoms with van der Waals surface area (Å²) in [6, 6.07) is 0. The Hall–Kier alpha value is 0.170. The molecule has 4 heteroatoms. The summed E-state index contributed by atoms with van der Waals surface area (Å²) in [4.78, 5) is 12.0. The van der Waals surface area contributed by atoms with Gasteiger partial charge in [0, 0.05) is 17.3 Å². The van der Waals surface area contributed by atoms with Crippen LogP contribution in [0.3, 0.4) is 0 Å². The monoisotopic (exact) mass is 248 g/mol. The van der Waals surface area contributed by atoms with Crippen molar-refractivity contribution in [1.82, 2.24) is 0 Å². The number of carbonyl (C=O) groups excluding carboxylic acids is 1. The topological polar surface area (TPSA) is 26.3 Å². The van der Waals surface area contributed by atoms with Crippen LogP contribution in [0, 0.1) is 5.41 Å². The molecule has 0 bridgehead atoms. The maximum absolute atomic E-state index is 12.0. The lowest BCUT2D eigenvalue weighted by Gasteiger charge is -2.28. The molecule has 1 rings (SSSR count). The van der Waals surface area contributed by atoms with E-state index in [2.05, 4.69) is 0 Å². The van der Waals surface area contributed by atoms with Gasteiger partial charge in [0.2, 0.25) is 0 Å². The fraction of sp³-hybridized carbons (Fsp3) is 0.909. The summed E-state index contributed by atoms with van der Waals surface area (Å²) < 4.78 is 5.54. The van der Waals surface area contributed by atoms with Crippen molar-refractivity contribution in [3.63, 3.8) is 0 Å². The van der Waals surface area contributed by atoms with Crippen LogP contribution in [0.25, 0.3) is 0 Å². The average molecular weight is 248 g/mol. The minimum atomic E-state index is -0.289. The molecule has 0 aromatic rings. The highest BCUT2D eigenvalue weighted by atomic mass is 32.2. The molecule has 0 aromatic heterocycles. The van der Waals surface area contributed by atoms with E-state index in [4.69, 9.17) is 4.74 Å². The second-order valence-corrected chi connectivity index (χ2v) is 6.47. The van der Waals surface area contributed by atoms with Gasteiger partial charge in [0.15, 0.2) is 5.44 Å². The van der Waals surface area contributed by atoms with E-state index < -0.39 is 0 Å². The molecule has 1 aliphatic heterocycles.